The van der Waals surface area contributed by atoms with Crippen LogP contribution in [0.4, 0.5) is 5.69 Å². The molecule has 0 bridgehead atoms. The highest BCUT2D eigenvalue weighted by molar-refractivity contribution is 6.08. The summed E-state index contributed by atoms with van der Waals surface area (Å²) < 4.78 is 10.6. The number of amides is 1. The van der Waals surface area contributed by atoms with Gasteiger partial charge in [0.2, 0.25) is 0 Å². The predicted octanol–water partition coefficient (Wildman–Crippen LogP) is 3.47. The number of hydrogen-bond acceptors (Lipinski definition) is 4. The van der Waals surface area contributed by atoms with Crippen molar-refractivity contribution in [1.29, 1.82) is 0 Å². The lowest BCUT2D eigenvalue weighted by Crippen LogP contribution is -2.47. The Hall–Kier alpha value is -2.84. The fourth-order valence-corrected chi connectivity index (χ4v) is 2.92. The van der Waals surface area contributed by atoms with Crippen molar-refractivity contribution < 1.29 is 19.1 Å². The van der Waals surface area contributed by atoms with Gasteiger partial charge in [0.05, 0.1) is 11.8 Å². The molecule has 0 aromatic heterocycles. The maximum Gasteiger partial charge on any atom is 0.329 e. The number of carbonyl (C=O) groups is 2. The molecule has 0 unspecified atom stereocenters. The van der Waals surface area contributed by atoms with Gasteiger partial charge in [0.1, 0.15) is 19.3 Å². The minimum Gasteiger partial charge on any atom is -0.461 e. The summed E-state index contributed by atoms with van der Waals surface area (Å²) in [5.41, 5.74) is 1.55. The average molecular weight is 367 g/mol. The summed E-state index contributed by atoms with van der Waals surface area (Å²) in [5, 5.41) is 1.86. The summed E-state index contributed by atoms with van der Waals surface area (Å²) in [4.78, 5) is 27.0. The molecule has 0 saturated heterocycles. The van der Waals surface area contributed by atoms with E-state index in [2.05, 4.69) is 5.92 Å². The van der Waals surface area contributed by atoms with Gasteiger partial charge in [-0.1, -0.05) is 42.3 Å². The third kappa shape index (κ3) is 4.87. The number of fused-ring (bicyclic) bond motifs is 1. The second-order valence-electron chi connectivity index (χ2n) is 6.57. The lowest BCUT2D eigenvalue weighted by atomic mass is 10.0. The van der Waals surface area contributed by atoms with Gasteiger partial charge in [-0.2, -0.15) is 0 Å². The van der Waals surface area contributed by atoms with Gasteiger partial charge in [0.25, 0.3) is 5.91 Å². The van der Waals surface area contributed by atoms with E-state index in [1.807, 2.05) is 43.3 Å². The lowest BCUT2D eigenvalue weighted by Gasteiger charge is -2.31. The second kappa shape index (κ2) is 9.20. The molecule has 1 atom stereocenters. The van der Waals surface area contributed by atoms with Crippen LogP contribution in [0.25, 0.3) is 10.8 Å². The fraction of sp³-hybridized carbons (Fsp3) is 0.364. The highest BCUT2D eigenvalue weighted by Gasteiger charge is 2.31. The van der Waals surface area contributed by atoms with Gasteiger partial charge in [-0.3, -0.25) is 9.69 Å². The Balaban J connectivity index is 2.53. The average Bonchev–Trinajstić information content (AvgIpc) is 2.63. The van der Waals surface area contributed by atoms with Crippen LogP contribution in [0.3, 0.4) is 0 Å². The molecule has 0 spiro atoms. The van der Waals surface area contributed by atoms with Crippen molar-refractivity contribution in [2.45, 2.75) is 39.8 Å². The zero-order valence-corrected chi connectivity index (χ0v) is 16.2. The SMILES string of the molecule is C#CCOCC(=O)N(c1c(C)ccc2ccccc12)[C@@H](C)C(=O)OC(C)C. The smallest absolute Gasteiger partial charge is 0.329 e. The van der Waals surface area contributed by atoms with Gasteiger partial charge in [-0.15, -0.1) is 6.42 Å². The van der Waals surface area contributed by atoms with Crippen LogP contribution in [0.15, 0.2) is 36.4 Å². The number of nitrogens with zero attached hydrogens (tertiary/aromatic N) is 1. The lowest BCUT2D eigenvalue weighted by molar-refractivity contribution is -0.149. The van der Waals surface area contributed by atoms with E-state index in [1.54, 1.807) is 20.8 Å². The van der Waals surface area contributed by atoms with Crippen LogP contribution >= 0.6 is 0 Å². The minimum atomic E-state index is -0.807. The number of hydrogen-bond donors (Lipinski definition) is 0. The van der Waals surface area contributed by atoms with Crippen LogP contribution in [0.1, 0.15) is 26.3 Å². The highest BCUT2D eigenvalue weighted by atomic mass is 16.5. The first-order valence-electron chi connectivity index (χ1n) is 8.89. The molecule has 0 saturated carbocycles. The Kier molecular flexibility index (Phi) is 6.98. The molecule has 0 N–H and O–H groups in total. The molecule has 2 rings (SSSR count). The van der Waals surface area contributed by atoms with Crippen molar-refractivity contribution in [3.05, 3.63) is 42.0 Å². The van der Waals surface area contributed by atoms with Crippen LogP contribution in [-0.2, 0) is 19.1 Å². The summed E-state index contributed by atoms with van der Waals surface area (Å²) in [6, 6.07) is 10.8. The van der Waals surface area contributed by atoms with Gasteiger partial charge in [0, 0.05) is 5.39 Å². The Morgan fingerprint density at radius 1 is 1.15 bits per heavy atom. The van der Waals surface area contributed by atoms with Crippen LogP contribution in [0.2, 0.25) is 0 Å². The number of aryl methyl sites for hydroxylation is 1. The predicted molar refractivity (Wildman–Crippen MR) is 107 cm³/mol. The number of rotatable bonds is 7. The van der Waals surface area contributed by atoms with Crippen LogP contribution in [0, 0.1) is 19.3 Å². The van der Waals surface area contributed by atoms with Crippen molar-refractivity contribution in [3.8, 4) is 12.3 Å². The molecule has 0 heterocycles. The van der Waals surface area contributed by atoms with Gasteiger partial charge < -0.3 is 9.47 Å². The number of carbonyl (C=O) groups excluding carboxylic acids is 2. The summed E-state index contributed by atoms with van der Waals surface area (Å²) in [7, 11) is 0. The number of benzene rings is 2. The van der Waals surface area contributed by atoms with E-state index < -0.39 is 12.0 Å². The van der Waals surface area contributed by atoms with E-state index in [4.69, 9.17) is 15.9 Å². The third-order valence-electron chi connectivity index (χ3n) is 4.10. The summed E-state index contributed by atoms with van der Waals surface area (Å²) in [6.45, 7) is 6.92. The van der Waals surface area contributed by atoms with Crippen molar-refractivity contribution in [3.63, 3.8) is 0 Å². The Morgan fingerprint density at radius 2 is 1.85 bits per heavy atom. The Labute approximate surface area is 160 Å². The van der Waals surface area contributed by atoms with E-state index in [0.29, 0.717) is 5.69 Å². The molecule has 0 aliphatic heterocycles. The third-order valence-corrected chi connectivity index (χ3v) is 4.10. The summed E-state index contributed by atoms with van der Waals surface area (Å²) >= 11 is 0. The molecular formula is C22H25NO4. The quantitative estimate of drug-likeness (QED) is 0.427. The van der Waals surface area contributed by atoms with E-state index in [9.17, 15) is 9.59 Å². The van der Waals surface area contributed by atoms with Gasteiger partial charge in [-0.25, -0.2) is 4.79 Å². The molecule has 1 amide bonds. The van der Waals surface area contributed by atoms with Gasteiger partial charge in [-0.05, 0) is 38.6 Å². The van der Waals surface area contributed by atoms with Crippen LogP contribution < -0.4 is 4.90 Å². The summed E-state index contributed by atoms with van der Waals surface area (Å²) in [6.07, 6.45) is 4.91. The van der Waals surface area contributed by atoms with E-state index in [0.717, 1.165) is 16.3 Å². The normalized spacial score (nSPS) is 11.9. The zero-order chi connectivity index (χ0) is 20.0. The number of terminal acetylenes is 1. The van der Waals surface area contributed by atoms with E-state index in [-0.39, 0.29) is 25.2 Å². The monoisotopic (exact) mass is 367 g/mol. The molecule has 5 heteroatoms. The minimum absolute atomic E-state index is 0.0267. The first-order valence-corrected chi connectivity index (χ1v) is 8.89. The molecule has 5 nitrogen and oxygen atoms in total. The molecular weight excluding hydrogens is 342 g/mol. The van der Waals surface area contributed by atoms with E-state index >= 15 is 0 Å². The molecule has 0 aliphatic rings. The fourth-order valence-electron chi connectivity index (χ4n) is 2.92. The number of esters is 1. The zero-order valence-electron chi connectivity index (χ0n) is 16.2. The largest absolute Gasteiger partial charge is 0.461 e. The number of anilines is 1. The maximum atomic E-state index is 13.0. The standard InChI is InChI=1S/C22H25NO4/c1-6-13-26-14-20(24)23(17(5)22(25)27-15(2)3)21-16(4)11-12-18-9-7-8-10-19(18)21/h1,7-12,15,17H,13-14H2,2-5H3/t17-/m0/s1. The first kappa shape index (κ1) is 20.5. The van der Waals surface area contributed by atoms with Crippen molar-refractivity contribution >= 4 is 28.3 Å². The Bertz CT molecular complexity index is 866. The molecule has 27 heavy (non-hydrogen) atoms. The molecule has 2 aromatic rings. The topological polar surface area (TPSA) is 55.8 Å². The Morgan fingerprint density at radius 3 is 2.52 bits per heavy atom. The second-order valence-corrected chi connectivity index (χ2v) is 6.57. The molecule has 142 valence electrons. The van der Waals surface area contributed by atoms with Crippen molar-refractivity contribution in [1.82, 2.24) is 0 Å². The van der Waals surface area contributed by atoms with Gasteiger partial charge in [0.15, 0.2) is 0 Å². The summed E-state index contributed by atoms with van der Waals surface area (Å²) in [5.74, 6) is 1.52. The van der Waals surface area contributed by atoms with Crippen LogP contribution in [-0.4, -0.2) is 37.2 Å². The van der Waals surface area contributed by atoms with E-state index in [1.165, 1.54) is 4.90 Å². The maximum absolute atomic E-state index is 13.0. The molecule has 2 aromatic carbocycles. The van der Waals surface area contributed by atoms with Crippen molar-refractivity contribution in [2.24, 2.45) is 0 Å². The molecule has 0 fully saturated rings. The van der Waals surface area contributed by atoms with Gasteiger partial charge >= 0.3 is 5.97 Å². The van der Waals surface area contributed by atoms with Crippen LogP contribution in [0.5, 0.6) is 0 Å². The molecule has 0 radical (unpaired) electrons. The molecule has 0 aliphatic carbocycles. The number of ether oxygens (including phenoxy) is 2. The van der Waals surface area contributed by atoms with Crippen molar-refractivity contribution in [2.75, 3.05) is 18.1 Å². The highest BCUT2D eigenvalue weighted by Crippen LogP contribution is 2.32. The first-order chi connectivity index (χ1) is 12.9.